The molecule has 14 nitrogen and oxygen atoms in total. The van der Waals surface area contributed by atoms with Crippen LogP contribution in [0.3, 0.4) is 0 Å². The van der Waals surface area contributed by atoms with Gasteiger partial charge in [-0.3, -0.25) is 14.4 Å². The standard InChI is InChI=1S/C65H107NO13Si2.Ac/c1-17-24-25-26-27-28-29-30-31-32-33-34-35-36-37-38-39-40-41-42-54(68)76-56-55-47(8)50(73-45-51(78-80(18-2,19-3)20-4)48(9)66-60(70)77-61(11,12)13)44-65(72,62(55,14)15)59(75-49(10)67)57-63(16,58(56)69)52(43-53-64(57,71)46-74-53)79-81(21-5,22-6)23-7;/h24-25,27-28,30-31,33-34,36-37,39-40,48,50-53,56-57,59,71-72H,17-23,26,29,32,35,38,41-46H2,1-16H3,(H,66,70);/b25-24-,28-27-,31-30-,34-33-,37-36-,40-39-;/t48-,50-,51-,52-,53+,56+,57-,59-,63+,64-,65+;/m0./s1. The molecule has 1 aliphatic heterocycles. The van der Waals surface area contributed by atoms with Crippen LogP contribution in [0, 0.1) is 60.8 Å². The summed E-state index contributed by atoms with van der Waals surface area (Å²) in [7, 11) is -4.90. The molecule has 1 radical (unpaired) electrons. The van der Waals surface area contributed by atoms with Crippen LogP contribution in [0.15, 0.2) is 84.1 Å². The molecule has 0 aromatic heterocycles. The molecule has 4 aliphatic rings. The average molecular weight is 1390 g/mol. The van der Waals surface area contributed by atoms with E-state index < -0.39 is 117 Å². The van der Waals surface area contributed by atoms with Gasteiger partial charge in [0.05, 0.1) is 49.1 Å². The second kappa shape index (κ2) is 33.2. The number of carbonyl (C=O) groups is 4. The third-order valence-corrected chi connectivity index (χ3v) is 27.7. The first-order valence-corrected chi connectivity index (χ1v) is 35.8. The van der Waals surface area contributed by atoms with Crippen molar-refractivity contribution in [1.29, 1.82) is 0 Å². The molecule has 2 saturated carbocycles. The molecule has 3 aliphatic carbocycles. The first-order chi connectivity index (χ1) is 38.2. The summed E-state index contributed by atoms with van der Waals surface area (Å²) in [6.45, 7) is 30.3. The van der Waals surface area contributed by atoms with Crippen molar-refractivity contribution in [2.75, 3.05) is 13.2 Å². The summed E-state index contributed by atoms with van der Waals surface area (Å²) < 4.78 is 46.3. The first kappa shape index (κ1) is 73.9. The predicted octanol–water partition coefficient (Wildman–Crippen LogP) is 13.6. The molecule has 1 saturated heterocycles. The molecule has 0 unspecified atom stereocenters. The number of amides is 1. The first-order valence-electron chi connectivity index (χ1n) is 30.7. The van der Waals surface area contributed by atoms with E-state index in [1.54, 1.807) is 41.5 Å². The molecule has 3 fully saturated rings. The molecule has 17 heteroatoms. The Labute approximate surface area is 532 Å². The Hall–Kier alpha value is -2.30. The number of esters is 2. The van der Waals surface area contributed by atoms with Gasteiger partial charge in [-0.1, -0.05) is 135 Å². The van der Waals surface area contributed by atoms with Crippen molar-refractivity contribution in [3.63, 3.8) is 0 Å². The van der Waals surface area contributed by atoms with Gasteiger partial charge in [-0.2, -0.15) is 0 Å². The summed E-state index contributed by atoms with van der Waals surface area (Å²) in [5, 5.41) is 30.1. The Balaban J connectivity index is 0.0000176. The Morgan fingerprint density at radius 1 is 0.768 bits per heavy atom. The number of hydrogen-bond donors (Lipinski definition) is 3. The van der Waals surface area contributed by atoms with Gasteiger partial charge in [-0.15, -0.1) is 0 Å². The number of carbonyl (C=O) groups excluding carboxylic acids is 4. The largest absolute Gasteiger partial charge is 0.459 e. The molecule has 1 heterocycles. The summed E-state index contributed by atoms with van der Waals surface area (Å²) in [6.07, 6.45) is 24.3. The van der Waals surface area contributed by atoms with Crippen LogP contribution in [-0.4, -0.2) is 123 Å². The van der Waals surface area contributed by atoms with Gasteiger partial charge >= 0.3 is 18.0 Å². The summed E-state index contributed by atoms with van der Waals surface area (Å²) >= 11 is 0. The normalized spacial score (nSPS) is 28.4. The number of allylic oxidation sites excluding steroid dienone is 12. The molecule has 0 spiro atoms. The van der Waals surface area contributed by atoms with Crippen molar-refractivity contribution >= 4 is 40.4 Å². The van der Waals surface area contributed by atoms with E-state index in [1.165, 1.54) is 6.92 Å². The number of ketones is 1. The van der Waals surface area contributed by atoms with Crippen LogP contribution in [-0.2, 0) is 46.9 Å². The van der Waals surface area contributed by atoms with Crippen molar-refractivity contribution in [3.8, 4) is 0 Å². The van der Waals surface area contributed by atoms with Crippen LogP contribution in [0.2, 0.25) is 36.3 Å². The Morgan fingerprint density at radius 3 is 1.72 bits per heavy atom. The number of hydrogen-bond acceptors (Lipinski definition) is 13. The van der Waals surface area contributed by atoms with Crippen molar-refractivity contribution in [2.24, 2.45) is 16.7 Å². The second-order valence-corrected chi connectivity index (χ2v) is 34.3. The maximum absolute atomic E-state index is 16.5. The van der Waals surface area contributed by atoms with Crippen LogP contribution in [0.1, 0.15) is 175 Å². The van der Waals surface area contributed by atoms with E-state index in [0.29, 0.717) is 24.0 Å². The Kier molecular flexibility index (Phi) is 29.9. The summed E-state index contributed by atoms with van der Waals surface area (Å²) in [5.74, 6) is -3.10. The van der Waals surface area contributed by atoms with Gasteiger partial charge in [-0.25, -0.2) is 4.79 Å². The SMILES string of the molecule is CC/C=C\C/C=C\C/C=C\C/C=C\C/C=C\C/C=C\CCC(=O)O[C@H]1C(=O)[C@]2(C)[C@@H](O[Si](CC)(CC)CC)C[C@H]3OC[C@@]3(O)[C@H]2[C@H](OC(C)=O)[C@]2(O)C[C@H](OC[C@H](O[Si](CC)(CC)CC)[C@H](C)NC(=O)OC(C)(C)C)C(C)=C1C2(C)C.[Ac]. The minimum atomic E-state index is -2.54. The molecular weight excluding hydrogens is 1290 g/mol. The van der Waals surface area contributed by atoms with Gasteiger partial charge < -0.3 is 48.1 Å². The van der Waals surface area contributed by atoms with Gasteiger partial charge in [0.15, 0.2) is 28.5 Å². The van der Waals surface area contributed by atoms with E-state index in [-0.39, 0.29) is 76.5 Å². The van der Waals surface area contributed by atoms with Crippen molar-refractivity contribution in [1.82, 2.24) is 5.32 Å². The van der Waals surface area contributed by atoms with E-state index in [9.17, 15) is 24.6 Å². The minimum absolute atomic E-state index is 0. The van der Waals surface area contributed by atoms with E-state index in [2.05, 4.69) is 115 Å². The molecule has 11 atom stereocenters. The van der Waals surface area contributed by atoms with Gasteiger partial charge in [0.1, 0.15) is 22.9 Å². The van der Waals surface area contributed by atoms with Crippen LogP contribution >= 0.6 is 0 Å². The quantitative estimate of drug-likeness (QED) is 0.0258. The van der Waals surface area contributed by atoms with Crippen molar-refractivity contribution in [2.45, 2.75) is 271 Å². The van der Waals surface area contributed by atoms with Crippen molar-refractivity contribution in [3.05, 3.63) is 84.1 Å². The van der Waals surface area contributed by atoms with E-state index in [1.807, 2.05) is 26.0 Å². The number of nitrogens with one attached hydrogen (secondary N) is 1. The number of ether oxygens (including phenoxy) is 5. The molecular formula is C65H107AcNO13Si2. The number of aliphatic hydroxyl groups is 2. The fraction of sp³-hybridized carbons (Fsp3) is 0.723. The zero-order chi connectivity index (χ0) is 60.5. The third-order valence-electron chi connectivity index (χ3n) is 18.4. The van der Waals surface area contributed by atoms with Gasteiger partial charge in [0.2, 0.25) is 0 Å². The maximum atomic E-state index is 16.5. The zero-order valence-electron chi connectivity index (χ0n) is 53.2. The average Bonchev–Trinajstić information content (AvgIpc) is 1.01. The number of fused-ring (bicyclic) bond motifs is 5. The van der Waals surface area contributed by atoms with Crippen LogP contribution < -0.4 is 5.32 Å². The summed E-state index contributed by atoms with van der Waals surface area (Å²) in [4.78, 5) is 57.9. The fourth-order valence-electron chi connectivity index (χ4n) is 12.8. The zero-order valence-corrected chi connectivity index (χ0v) is 60.0. The molecule has 3 N–H and O–H groups in total. The fourth-order valence-corrected chi connectivity index (χ4v) is 18.7. The van der Waals surface area contributed by atoms with Gasteiger partial charge in [0.25, 0.3) is 0 Å². The van der Waals surface area contributed by atoms with Crippen LogP contribution in [0.5, 0.6) is 0 Å². The monoisotopic (exact) mass is 1390 g/mol. The van der Waals surface area contributed by atoms with E-state index >= 15 is 4.79 Å². The van der Waals surface area contributed by atoms with Crippen LogP contribution in [0.4, 0.5) is 4.79 Å². The summed E-state index contributed by atoms with van der Waals surface area (Å²) in [5.41, 5.74) is -6.76. The minimum Gasteiger partial charge on any atom is -0.459 e. The van der Waals surface area contributed by atoms with Crippen LogP contribution in [0.25, 0.3) is 0 Å². The van der Waals surface area contributed by atoms with E-state index in [4.69, 9.17) is 32.5 Å². The molecule has 0 aromatic rings. The van der Waals surface area contributed by atoms with Crippen molar-refractivity contribution < 1.29 is 106 Å². The maximum Gasteiger partial charge on any atom is 0.407 e. The number of rotatable bonds is 31. The molecule has 0 aromatic carbocycles. The molecule has 4 rings (SSSR count). The third kappa shape index (κ3) is 18.1. The molecule has 2 bridgehead atoms. The predicted molar refractivity (Wildman–Crippen MR) is 328 cm³/mol. The number of alkyl carbamates (subject to hydrolysis) is 1. The molecule has 1 amide bonds. The Bertz CT molecular complexity index is 2280. The Morgan fingerprint density at radius 2 is 1.27 bits per heavy atom. The number of Topliss-reactive ketones (excluding diaryl/α,β-unsaturated/α-hetero) is 1. The smallest absolute Gasteiger partial charge is 0.407 e. The van der Waals surface area contributed by atoms with Gasteiger partial charge in [-0.05, 0) is 134 Å². The molecule has 82 heavy (non-hydrogen) atoms. The summed E-state index contributed by atoms with van der Waals surface area (Å²) in [6, 6.07) is 4.17. The second-order valence-electron chi connectivity index (χ2n) is 24.9. The van der Waals surface area contributed by atoms with Gasteiger partial charge in [0, 0.05) is 81.6 Å². The van der Waals surface area contributed by atoms with E-state index in [0.717, 1.165) is 68.4 Å². The topological polar surface area (TPSA) is 185 Å². The molecule has 461 valence electrons.